The number of rotatable bonds is 4. The van der Waals surface area contributed by atoms with Crippen molar-refractivity contribution in [3.05, 3.63) is 16.6 Å². The van der Waals surface area contributed by atoms with Gasteiger partial charge in [-0.1, -0.05) is 0 Å². The van der Waals surface area contributed by atoms with Gasteiger partial charge in [-0.15, -0.1) is 11.3 Å². The third-order valence-electron chi connectivity index (χ3n) is 3.42. The van der Waals surface area contributed by atoms with E-state index in [0.29, 0.717) is 0 Å². The van der Waals surface area contributed by atoms with Crippen LogP contribution in [0.4, 0.5) is 4.79 Å². The highest BCUT2D eigenvalue weighted by atomic mass is 32.1. The van der Waals surface area contributed by atoms with Gasteiger partial charge in [-0.3, -0.25) is 4.98 Å². The van der Waals surface area contributed by atoms with Gasteiger partial charge in [0.2, 0.25) is 0 Å². The highest BCUT2D eigenvalue weighted by Gasteiger charge is 2.30. The molecule has 0 spiro atoms. The third-order valence-corrected chi connectivity index (χ3v) is 4.20. The van der Waals surface area contributed by atoms with Crippen LogP contribution in [0.1, 0.15) is 44.9 Å². The lowest BCUT2D eigenvalue weighted by Crippen LogP contribution is -2.50. The molecule has 1 amide bonds. The molecule has 1 saturated heterocycles. The number of nitrogens with zero attached hydrogens (tertiary/aromatic N) is 2. The molecule has 6 heteroatoms. The maximum Gasteiger partial charge on any atom is 0.410 e. The van der Waals surface area contributed by atoms with Gasteiger partial charge in [-0.25, -0.2) is 4.79 Å². The van der Waals surface area contributed by atoms with Gasteiger partial charge in [0.05, 0.1) is 5.51 Å². The molecular weight excluding hydrogens is 286 g/mol. The van der Waals surface area contributed by atoms with Crippen molar-refractivity contribution < 1.29 is 9.53 Å². The van der Waals surface area contributed by atoms with Gasteiger partial charge in [-0.05, 0) is 40.0 Å². The largest absolute Gasteiger partial charge is 0.444 e. The van der Waals surface area contributed by atoms with Crippen LogP contribution in [0.3, 0.4) is 0 Å². The standard InChI is InChI=1S/C15H25N3O2S/c1-15(2,3)20-14(19)18-7-5-4-6-12(18)8-16-9-13-10-17-11-21-13/h10-12,16H,4-9H2,1-3H3. The van der Waals surface area contributed by atoms with Crippen molar-refractivity contribution in [2.45, 2.75) is 58.2 Å². The molecule has 1 aromatic rings. The number of thiazole rings is 1. The maximum atomic E-state index is 12.3. The van der Waals surface area contributed by atoms with E-state index in [1.807, 2.05) is 37.4 Å². The van der Waals surface area contributed by atoms with Crippen molar-refractivity contribution in [2.75, 3.05) is 13.1 Å². The van der Waals surface area contributed by atoms with E-state index in [4.69, 9.17) is 4.74 Å². The molecule has 0 radical (unpaired) electrons. The summed E-state index contributed by atoms with van der Waals surface area (Å²) in [4.78, 5) is 19.4. The first-order valence-corrected chi connectivity index (χ1v) is 8.41. The average Bonchev–Trinajstić information content (AvgIpc) is 2.90. The zero-order valence-electron chi connectivity index (χ0n) is 13.1. The van der Waals surface area contributed by atoms with E-state index in [1.54, 1.807) is 11.3 Å². The summed E-state index contributed by atoms with van der Waals surface area (Å²) >= 11 is 1.65. The quantitative estimate of drug-likeness (QED) is 0.928. The topological polar surface area (TPSA) is 54.5 Å². The summed E-state index contributed by atoms with van der Waals surface area (Å²) in [5.41, 5.74) is 1.40. The fraction of sp³-hybridized carbons (Fsp3) is 0.733. The lowest BCUT2D eigenvalue weighted by Gasteiger charge is -2.36. The molecule has 0 saturated carbocycles. The normalized spacial score (nSPS) is 19.6. The van der Waals surface area contributed by atoms with E-state index < -0.39 is 5.60 Å². The lowest BCUT2D eigenvalue weighted by atomic mass is 10.0. The molecule has 1 aliphatic heterocycles. The molecule has 1 aliphatic rings. The van der Waals surface area contributed by atoms with E-state index in [2.05, 4.69) is 10.3 Å². The van der Waals surface area contributed by atoms with Gasteiger partial charge in [0.1, 0.15) is 5.60 Å². The number of piperidine rings is 1. The Kier molecular flexibility index (Phi) is 5.58. The zero-order valence-corrected chi connectivity index (χ0v) is 13.9. The van der Waals surface area contributed by atoms with Gasteiger partial charge in [0, 0.05) is 36.8 Å². The van der Waals surface area contributed by atoms with Crippen molar-refractivity contribution in [1.82, 2.24) is 15.2 Å². The first kappa shape index (κ1) is 16.2. The number of amides is 1. The Morgan fingerprint density at radius 3 is 3.00 bits per heavy atom. The number of carbonyl (C=O) groups is 1. The number of nitrogens with one attached hydrogen (secondary N) is 1. The van der Waals surface area contributed by atoms with E-state index in [9.17, 15) is 4.79 Å². The number of ether oxygens (including phenoxy) is 1. The van der Waals surface area contributed by atoms with Crippen molar-refractivity contribution in [3.63, 3.8) is 0 Å². The summed E-state index contributed by atoms with van der Waals surface area (Å²) in [7, 11) is 0. The Bertz CT molecular complexity index is 442. The minimum Gasteiger partial charge on any atom is -0.444 e. The summed E-state index contributed by atoms with van der Waals surface area (Å²) < 4.78 is 5.51. The van der Waals surface area contributed by atoms with Crippen molar-refractivity contribution >= 4 is 17.4 Å². The summed E-state index contributed by atoms with van der Waals surface area (Å²) in [6.45, 7) is 8.13. The van der Waals surface area contributed by atoms with Crippen LogP contribution < -0.4 is 5.32 Å². The van der Waals surface area contributed by atoms with Crippen LogP contribution in [0.15, 0.2) is 11.7 Å². The highest BCUT2D eigenvalue weighted by molar-refractivity contribution is 7.09. The third kappa shape index (κ3) is 5.28. The van der Waals surface area contributed by atoms with Gasteiger partial charge < -0.3 is 15.0 Å². The number of likely N-dealkylation sites (tertiary alicyclic amines) is 1. The van der Waals surface area contributed by atoms with Gasteiger partial charge >= 0.3 is 6.09 Å². The predicted octanol–water partition coefficient (Wildman–Crippen LogP) is 3.02. The molecule has 21 heavy (non-hydrogen) atoms. The fourth-order valence-corrected chi connectivity index (χ4v) is 3.03. The molecule has 0 bridgehead atoms. The van der Waals surface area contributed by atoms with Gasteiger partial charge in [-0.2, -0.15) is 0 Å². The predicted molar refractivity (Wildman–Crippen MR) is 84.4 cm³/mol. The minimum atomic E-state index is -0.435. The first-order chi connectivity index (χ1) is 9.96. The minimum absolute atomic E-state index is 0.188. The van der Waals surface area contributed by atoms with Crippen LogP contribution in [0.5, 0.6) is 0 Å². The Labute approximate surface area is 130 Å². The van der Waals surface area contributed by atoms with Crippen LogP contribution in [0.2, 0.25) is 0 Å². The molecule has 0 aromatic carbocycles. The molecule has 1 fully saturated rings. The Morgan fingerprint density at radius 2 is 2.33 bits per heavy atom. The smallest absolute Gasteiger partial charge is 0.410 e. The van der Waals surface area contributed by atoms with Crippen molar-refractivity contribution in [2.24, 2.45) is 0 Å². The summed E-state index contributed by atoms with van der Waals surface area (Å²) in [5.74, 6) is 0. The van der Waals surface area contributed by atoms with Gasteiger partial charge in [0.15, 0.2) is 0 Å². The molecular formula is C15H25N3O2S. The SMILES string of the molecule is CC(C)(C)OC(=O)N1CCCCC1CNCc1cncs1. The molecule has 1 atom stereocenters. The number of hydrogen-bond donors (Lipinski definition) is 1. The molecule has 2 heterocycles. The average molecular weight is 311 g/mol. The second-order valence-electron chi connectivity index (χ2n) is 6.42. The molecule has 1 N–H and O–H groups in total. The van der Waals surface area contributed by atoms with Crippen LogP contribution in [-0.2, 0) is 11.3 Å². The van der Waals surface area contributed by atoms with Gasteiger partial charge in [0.25, 0.3) is 0 Å². The Morgan fingerprint density at radius 1 is 1.52 bits per heavy atom. The second kappa shape index (κ2) is 7.22. The first-order valence-electron chi connectivity index (χ1n) is 7.53. The molecule has 118 valence electrons. The summed E-state index contributed by atoms with van der Waals surface area (Å²) in [6.07, 6.45) is 4.96. The van der Waals surface area contributed by atoms with Crippen LogP contribution >= 0.6 is 11.3 Å². The molecule has 1 aromatic heterocycles. The fourth-order valence-electron chi connectivity index (χ4n) is 2.47. The Hall–Kier alpha value is -1.14. The maximum absolute atomic E-state index is 12.3. The molecule has 5 nitrogen and oxygen atoms in total. The lowest BCUT2D eigenvalue weighted by molar-refractivity contribution is 0.00994. The van der Waals surface area contributed by atoms with E-state index in [-0.39, 0.29) is 12.1 Å². The van der Waals surface area contributed by atoms with Crippen molar-refractivity contribution in [3.8, 4) is 0 Å². The van der Waals surface area contributed by atoms with E-state index in [0.717, 1.165) is 32.5 Å². The van der Waals surface area contributed by atoms with E-state index in [1.165, 1.54) is 11.3 Å². The monoisotopic (exact) mass is 311 g/mol. The Balaban J connectivity index is 1.84. The molecule has 2 rings (SSSR count). The summed E-state index contributed by atoms with van der Waals surface area (Å²) in [6, 6.07) is 0.224. The van der Waals surface area contributed by atoms with E-state index >= 15 is 0 Å². The van der Waals surface area contributed by atoms with Crippen LogP contribution in [-0.4, -0.2) is 40.7 Å². The summed E-state index contributed by atoms with van der Waals surface area (Å²) in [5, 5.41) is 3.43. The number of aromatic nitrogens is 1. The highest BCUT2D eigenvalue weighted by Crippen LogP contribution is 2.20. The zero-order chi connectivity index (χ0) is 15.3. The molecule has 0 aliphatic carbocycles. The van der Waals surface area contributed by atoms with Crippen LogP contribution in [0.25, 0.3) is 0 Å². The second-order valence-corrected chi connectivity index (χ2v) is 7.39. The molecule has 1 unspecified atom stereocenters. The van der Waals surface area contributed by atoms with Crippen molar-refractivity contribution in [1.29, 1.82) is 0 Å². The number of carbonyl (C=O) groups excluding carboxylic acids is 1. The van der Waals surface area contributed by atoms with Crippen LogP contribution in [0, 0.1) is 0 Å². The number of hydrogen-bond acceptors (Lipinski definition) is 5.